The van der Waals surface area contributed by atoms with Crippen molar-refractivity contribution < 1.29 is 9.90 Å². The van der Waals surface area contributed by atoms with E-state index in [-0.39, 0.29) is 12.6 Å². The molecule has 1 saturated heterocycles. The number of anilines is 1. The highest BCUT2D eigenvalue weighted by molar-refractivity contribution is 5.91. The minimum absolute atomic E-state index is 0.0186. The fourth-order valence-electron chi connectivity index (χ4n) is 3.82. The third kappa shape index (κ3) is 3.37. The van der Waals surface area contributed by atoms with Crippen molar-refractivity contribution in [1.29, 1.82) is 0 Å². The van der Waals surface area contributed by atoms with Gasteiger partial charge in [-0.3, -0.25) is 4.68 Å². The largest absolute Gasteiger partial charge is 0.394 e. The molecule has 1 fully saturated rings. The number of amides is 2. The molecule has 1 aliphatic rings. The lowest BCUT2D eigenvalue weighted by Gasteiger charge is -2.38. The average molecular weight is 322 g/mol. The standard InChI is InChI=1S/C17H30N4O2/c1-6-21-14(5)15(13(4)19-21)18-16(23)20-9-7-8-17(20,11-22)10-12(2)3/h12,22H,6-11H2,1-5H3,(H,18,23)/t17-/m1/s1. The van der Waals surface area contributed by atoms with Crippen LogP contribution in [0.15, 0.2) is 0 Å². The maximum absolute atomic E-state index is 12.8. The number of aliphatic hydroxyl groups excluding tert-OH is 1. The molecule has 2 rings (SSSR count). The SMILES string of the molecule is CCn1nc(C)c(NC(=O)N2CCC[C@]2(CO)CC(C)C)c1C. The van der Waals surface area contributed by atoms with Gasteiger partial charge in [-0.05, 0) is 46.0 Å². The van der Waals surface area contributed by atoms with Gasteiger partial charge in [-0.1, -0.05) is 13.8 Å². The zero-order valence-corrected chi connectivity index (χ0v) is 15.0. The zero-order valence-electron chi connectivity index (χ0n) is 15.0. The van der Waals surface area contributed by atoms with Crippen LogP contribution in [0.1, 0.15) is 51.4 Å². The highest BCUT2D eigenvalue weighted by Crippen LogP contribution is 2.35. The van der Waals surface area contributed by atoms with E-state index in [1.165, 1.54) is 0 Å². The molecular weight excluding hydrogens is 292 g/mol. The molecule has 0 bridgehead atoms. The van der Waals surface area contributed by atoms with Gasteiger partial charge in [-0.2, -0.15) is 5.10 Å². The number of hydrogen-bond donors (Lipinski definition) is 2. The molecule has 0 radical (unpaired) electrons. The lowest BCUT2D eigenvalue weighted by molar-refractivity contribution is 0.0728. The average Bonchev–Trinajstić information content (AvgIpc) is 3.02. The van der Waals surface area contributed by atoms with E-state index in [1.54, 1.807) is 0 Å². The van der Waals surface area contributed by atoms with E-state index in [4.69, 9.17) is 0 Å². The maximum atomic E-state index is 12.8. The number of likely N-dealkylation sites (tertiary alicyclic amines) is 1. The van der Waals surface area contributed by atoms with Gasteiger partial charge >= 0.3 is 6.03 Å². The molecule has 6 heteroatoms. The minimum Gasteiger partial charge on any atom is -0.394 e. The van der Waals surface area contributed by atoms with Gasteiger partial charge in [-0.15, -0.1) is 0 Å². The van der Waals surface area contributed by atoms with Crippen LogP contribution in [0.4, 0.5) is 10.5 Å². The van der Waals surface area contributed by atoms with Crippen LogP contribution < -0.4 is 5.32 Å². The second-order valence-electron chi connectivity index (χ2n) is 7.03. The Balaban J connectivity index is 2.21. The Bertz CT molecular complexity index is 567. The molecule has 1 aromatic rings. The van der Waals surface area contributed by atoms with Gasteiger partial charge in [0.2, 0.25) is 0 Å². The van der Waals surface area contributed by atoms with Crippen molar-refractivity contribution in [3.8, 4) is 0 Å². The number of nitrogens with zero attached hydrogens (tertiary/aromatic N) is 3. The van der Waals surface area contributed by atoms with Crippen molar-refractivity contribution >= 4 is 11.7 Å². The predicted molar refractivity (Wildman–Crippen MR) is 91.6 cm³/mol. The zero-order chi connectivity index (χ0) is 17.2. The number of aliphatic hydroxyl groups is 1. The lowest BCUT2D eigenvalue weighted by Crippen LogP contribution is -2.52. The van der Waals surface area contributed by atoms with E-state index in [2.05, 4.69) is 24.3 Å². The summed E-state index contributed by atoms with van der Waals surface area (Å²) in [7, 11) is 0. The number of rotatable bonds is 5. The number of aromatic nitrogens is 2. The first kappa shape index (κ1) is 17.8. The highest BCUT2D eigenvalue weighted by atomic mass is 16.3. The number of carbonyl (C=O) groups is 1. The Labute approximate surface area is 138 Å². The van der Waals surface area contributed by atoms with Gasteiger partial charge in [0, 0.05) is 13.1 Å². The Morgan fingerprint density at radius 1 is 1.43 bits per heavy atom. The van der Waals surface area contributed by atoms with Gasteiger partial charge in [0.15, 0.2) is 0 Å². The van der Waals surface area contributed by atoms with Gasteiger partial charge in [0.25, 0.3) is 0 Å². The van der Waals surface area contributed by atoms with Crippen LogP contribution in [-0.4, -0.2) is 44.5 Å². The molecule has 1 atom stereocenters. The monoisotopic (exact) mass is 322 g/mol. The molecule has 130 valence electrons. The fraction of sp³-hybridized carbons (Fsp3) is 0.765. The van der Waals surface area contributed by atoms with E-state index < -0.39 is 5.54 Å². The van der Waals surface area contributed by atoms with Crippen LogP contribution in [0.25, 0.3) is 0 Å². The Hall–Kier alpha value is -1.56. The van der Waals surface area contributed by atoms with E-state index in [0.29, 0.717) is 12.5 Å². The van der Waals surface area contributed by atoms with E-state index in [0.717, 1.165) is 42.9 Å². The topological polar surface area (TPSA) is 70.4 Å². The summed E-state index contributed by atoms with van der Waals surface area (Å²) in [6.45, 7) is 11.7. The molecule has 0 aromatic carbocycles. The van der Waals surface area contributed by atoms with Gasteiger partial charge in [0.05, 0.1) is 29.2 Å². The second kappa shape index (κ2) is 6.91. The van der Waals surface area contributed by atoms with Crippen molar-refractivity contribution in [1.82, 2.24) is 14.7 Å². The number of carbonyl (C=O) groups excluding carboxylic acids is 1. The quantitative estimate of drug-likeness (QED) is 0.875. The summed E-state index contributed by atoms with van der Waals surface area (Å²) < 4.78 is 1.89. The number of nitrogens with one attached hydrogen (secondary N) is 1. The Kier molecular flexibility index (Phi) is 5.34. The first-order chi connectivity index (χ1) is 10.8. The molecule has 0 unspecified atom stereocenters. The molecular formula is C17H30N4O2. The number of urea groups is 1. The van der Waals surface area contributed by atoms with Crippen molar-refractivity contribution in [3.63, 3.8) is 0 Å². The maximum Gasteiger partial charge on any atom is 0.322 e. The molecule has 2 amide bonds. The molecule has 2 N–H and O–H groups in total. The molecule has 0 spiro atoms. The first-order valence-corrected chi connectivity index (χ1v) is 8.58. The van der Waals surface area contributed by atoms with Gasteiger partial charge in [0.1, 0.15) is 0 Å². The van der Waals surface area contributed by atoms with Crippen molar-refractivity contribution in [3.05, 3.63) is 11.4 Å². The van der Waals surface area contributed by atoms with Crippen LogP contribution in [0, 0.1) is 19.8 Å². The first-order valence-electron chi connectivity index (χ1n) is 8.58. The minimum atomic E-state index is -0.430. The fourth-order valence-corrected chi connectivity index (χ4v) is 3.82. The number of aryl methyl sites for hydroxylation is 2. The van der Waals surface area contributed by atoms with Crippen molar-refractivity contribution in [2.45, 2.75) is 66.0 Å². The van der Waals surface area contributed by atoms with E-state index >= 15 is 0 Å². The summed E-state index contributed by atoms with van der Waals surface area (Å²) in [4.78, 5) is 14.7. The molecule has 1 aromatic heterocycles. The smallest absolute Gasteiger partial charge is 0.322 e. The predicted octanol–water partition coefficient (Wildman–Crippen LogP) is 2.92. The summed E-state index contributed by atoms with van der Waals surface area (Å²) in [5.74, 6) is 0.432. The van der Waals surface area contributed by atoms with Crippen molar-refractivity contribution in [2.24, 2.45) is 5.92 Å². The van der Waals surface area contributed by atoms with Crippen LogP contribution in [0.3, 0.4) is 0 Å². The molecule has 2 heterocycles. The van der Waals surface area contributed by atoms with Crippen LogP contribution in [0.5, 0.6) is 0 Å². The molecule has 23 heavy (non-hydrogen) atoms. The third-order valence-corrected chi connectivity index (χ3v) is 4.84. The molecule has 1 aliphatic heterocycles. The Morgan fingerprint density at radius 3 is 2.65 bits per heavy atom. The molecule has 0 aliphatic carbocycles. The van der Waals surface area contributed by atoms with E-state index in [1.807, 2.05) is 30.4 Å². The Morgan fingerprint density at radius 2 is 2.13 bits per heavy atom. The lowest BCUT2D eigenvalue weighted by atomic mass is 9.87. The summed E-state index contributed by atoms with van der Waals surface area (Å²) in [6.07, 6.45) is 2.62. The normalized spacial score (nSPS) is 21.3. The second-order valence-corrected chi connectivity index (χ2v) is 7.03. The highest BCUT2D eigenvalue weighted by Gasteiger charge is 2.43. The van der Waals surface area contributed by atoms with Crippen LogP contribution in [-0.2, 0) is 6.54 Å². The third-order valence-electron chi connectivity index (χ3n) is 4.84. The van der Waals surface area contributed by atoms with Crippen LogP contribution >= 0.6 is 0 Å². The van der Waals surface area contributed by atoms with E-state index in [9.17, 15) is 9.90 Å². The molecule has 6 nitrogen and oxygen atoms in total. The molecule has 0 saturated carbocycles. The summed E-state index contributed by atoms with van der Waals surface area (Å²) in [5, 5.41) is 17.4. The van der Waals surface area contributed by atoms with Gasteiger partial charge in [-0.25, -0.2) is 4.79 Å². The van der Waals surface area contributed by atoms with Crippen molar-refractivity contribution in [2.75, 3.05) is 18.5 Å². The summed E-state index contributed by atoms with van der Waals surface area (Å²) in [5.41, 5.74) is 2.16. The number of hydrogen-bond acceptors (Lipinski definition) is 3. The summed E-state index contributed by atoms with van der Waals surface area (Å²) in [6, 6.07) is -0.126. The van der Waals surface area contributed by atoms with Crippen LogP contribution in [0.2, 0.25) is 0 Å². The van der Waals surface area contributed by atoms with Gasteiger partial charge < -0.3 is 15.3 Å². The summed E-state index contributed by atoms with van der Waals surface area (Å²) >= 11 is 0.